The first kappa shape index (κ1) is 18.4. The van der Waals surface area contributed by atoms with Gasteiger partial charge in [-0.05, 0) is 70.5 Å². The molecule has 138 valence electrons. The fourth-order valence-electron chi connectivity index (χ4n) is 2.62. The van der Waals surface area contributed by atoms with E-state index < -0.39 is 0 Å². The van der Waals surface area contributed by atoms with Crippen molar-refractivity contribution in [3.8, 4) is 22.8 Å². The van der Waals surface area contributed by atoms with Crippen molar-refractivity contribution in [2.24, 2.45) is 0 Å². The Hall–Kier alpha value is -2.96. The van der Waals surface area contributed by atoms with Crippen molar-refractivity contribution < 1.29 is 9.32 Å². The van der Waals surface area contributed by atoms with Gasteiger partial charge in [0.25, 0.3) is 11.8 Å². The number of benzene rings is 3. The standard InChI is InChI=1S/C21H13BrClN3O2/c22-18-7-2-1-6-17(18)21-25-19(26-28-21)13-8-10-16(11-9-13)24-20(27)14-4-3-5-15(23)12-14/h1-12H,(H,24,27). The Labute approximate surface area is 174 Å². The molecular formula is C21H13BrClN3O2. The lowest BCUT2D eigenvalue weighted by Crippen LogP contribution is -2.11. The van der Waals surface area contributed by atoms with Crippen molar-refractivity contribution in [2.75, 3.05) is 5.32 Å². The number of amides is 1. The van der Waals surface area contributed by atoms with E-state index in [1.54, 1.807) is 36.4 Å². The molecule has 28 heavy (non-hydrogen) atoms. The molecule has 1 N–H and O–H groups in total. The van der Waals surface area contributed by atoms with E-state index in [-0.39, 0.29) is 5.91 Å². The topological polar surface area (TPSA) is 68.0 Å². The number of hydrogen-bond donors (Lipinski definition) is 1. The molecule has 0 saturated carbocycles. The van der Waals surface area contributed by atoms with E-state index in [1.807, 2.05) is 36.4 Å². The molecule has 0 aliphatic carbocycles. The number of hydrogen-bond acceptors (Lipinski definition) is 4. The van der Waals surface area contributed by atoms with Gasteiger partial charge in [-0.2, -0.15) is 4.98 Å². The predicted molar refractivity (Wildman–Crippen MR) is 112 cm³/mol. The fourth-order valence-corrected chi connectivity index (χ4v) is 3.27. The molecule has 0 radical (unpaired) electrons. The van der Waals surface area contributed by atoms with E-state index in [2.05, 4.69) is 31.4 Å². The zero-order valence-corrected chi connectivity index (χ0v) is 16.7. The van der Waals surface area contributed by atoms with Crippen LogP contribution in [0.3, 0.4) is 0 Å². The monoisotopic (exact) mass is 453 g/mol. The summed E-state index contributed by atoms with van der Waals surface area (Å²) in [5.41, 5.74) is 2.76. The molecule has 0 fully saturated rings. The Kier molecular flexibility index (Phi) is 5.23. The first-order valence-electron chi connectivity index (χ1n) is 8.36. The summed E-state index contributed by atoms with van der Waals surface area (Å²) in [6.45, 7) is 0. The van der Waals surface area contributed by atoms with Gasteiger partial charge >= 0.3 is 0 Å². The number of nitrogens with zero attached hydrogens (tertiary/aromatic N) is 2. The lowest BCUT2D eigenvalue weighted by molar-refractivity contribution is 0.102. The van der Waals surface area contributed by atoms with E-state index in [0.717, 1.165) is 15.6 Å². The second-order valence-corrected chi connectivity index (χ2v) is 7.24. The van der Waals surface area contributed by atoms with Gasteiger partial charge in [0.15, 0.2) is 0 Å². The Morgan fingerprint density at radius 1 is 1.00 bits per heavy atom. The van der Waals surface area contributed by atoms with Gasteiger partial charge in [-0.15, -0.1) is 0 Å². The third-order valence-electron chi connectivity index (χ3n) is 4.02. The van der Waals surface area contributed by atoms with Crippen LogP contribution in [0.25, 0.3) is 22.8 Å². The van der Waals surface area contributed by atoms with Gasteiger partial charge in [0.05, 0.1) is 5.56 Å². The first-order valence-corrected chi connectivity index (χ1v) is 9.53. The molecule has 3 aromatic carbocycles. The maximum atomic E-state index is 12.3. The number of carbonyl (C=O) groups excluding carboxylic acids is 1. The largest absolute Gasteiger partial charge is 0.334 e. The van der Waals surface area contributed by atoms with Crippen LogP contribution in [0.5, 0.6) is 0 Å². The van der Waals surface area contributed by atoms with E-state index in [1.165, 1.54) is 0 Å². The van der Waals surface area contributed by atoms with Crippen LogP contribution in [0.4, 0.5) is 5.69 Å². The number of carbonyl (C=O) groups is 1. The first-order chi connectivity index (χ1) is 13.6. The minimum absolute atomic E-state index is 0.231. The SMILES string of the molecule is O=C(Nc1ccc(-c2noc(-c3ccccc3Br)n2)cc1)c1cccc(Cl)c1. The summed E-state index contributed by atoms with van der Waals surface area (Å²) < 4.78 is 6.26. The maximum absolute atomic E-state index is 12.3. The van der Waals surface area contributed by atoms with Crippen LogP contribution >= 0.6 is 27.5 Å². The highest BCUT2D eigenvalue weighted by Crippen LogP contribution is 2.28. The Morgan fingerprint density at radius 3 is 2.54 bits per heavy atom. The van der Waals surface area contributed by atoms with Crippen molar-refractivity contribution in [1.29, 1.82) is 0 Å². The normalized spacial score (nSPS) is 10.6. The second-order valence-electron chi connectivity index (χ2n) is 5.94. The number of rotatable bonds is 4. The third kappa shape index (κ3) is 3.98. The minimum atomic E-state index is -0.231. The molecule has 7 heteroatoms. The van der Waals surface area contributed by atoms with Gasteiger partial charge in [0, 0.05) is 26.3 Å². The summed E-state index contributed by atoms with van der Waals surface area (Å²) in [6.07, 6.45) is 0. The van der Waals surface area contributed by atoms with Gasteiger partial charge in [0.2, 0.25) is 5.82 Å². The van der Waals surface area contributed by atoms with Gasteiger partial charge in [-0.25, -0.2) is 0 Å². The highest BCUT2D eigenvalue weighted by Gasteiger charge is 2.13. The summed E-state index contributed by atoms with van der Waals surface area (Å²) in [7, 11) is 0. The molecule has 1 aromatic heterocycles. The van der Waals surface area contributed by atoms with Crippen molar-refractivity contribution in [3.63, 3.8) is 0 Å². The van der Waals surface area contributed by atoms with Gasteiger partial charge < -0.3 is 9.84 Å². The van der Waals surface area contributed by atoms with Crippen molar-refractivity contribution >= 4 is 39.1 Å². The molecule has 0 bridgehead atoms. The number of anilines is 1. The molecule has 0 aliphatic rings. The summed E-state index contributed by atoms with van der Waals surface area (Å²) in [5, 5.41) is 7.39. The summed E-state index contributed by atoms with van der Waals surface area (Å²) in [4.78, 5) is 16.7. The van der Waals surface area contributed by atoms with Crippen LogP contribution in [0, 0.1) is 0 Å². The molecule has 0 unspecified atom stereocenters. The third-order valence-corrected chi connectivity index (χ3v) is 4.94. The molecule has 5 nitrogen and oxygen atoms in total. The summed E-state index contributed by atoms with van der Waals surface area (Å²) in [6, 6.07) is 21.6. The molecule has 0 atom stereocenters. The zero-order chi connectivity index (χ0) is 19.5. The quantitative estimate of drug-likeness (QED) is 0.406. The predicted octanol–water partition coefficient (Wildman–Crippen LogP) is 6.07. The molecular weight excluding hydrogens is 442 g/mol. The van der Waals surface area contributed by atoms with E-state index in [0.29, 0.717) is 28.0 Å². The minimum Gasteiger partial charge on any atom is -0.334 e. The Morgan fingerprint density at radius 2 is 1.79 bits per heavy atom. The van der Waals surface area contributed by atoms with Crippen LogP contribution in [0.15, 0.2) is 81.8 Å². The second kappa shape index (κ2) is 7.96. The lowest BCUT2D eigenvalue weighted by atomic mass is 10.1. The highest BCUT2D eigenvalue weighted by atomic mass is 79.9. The average molecular weight is 455 g/mol. The van der Waals surface area contributed by atoms with Gasteiger partial charge in [0.1, 0.15) is 0 Å². The maximum Gasteiger partial charge on any atom is 0.259 e. The van der Waals surface area contributed by atoms with E-state index in [9.17, 15) is 4.79 Å². The average Bonchev–Trinajstić information content (AvgIpc) is 3.19. The van der Waals surface area contributed by atoms with Gasteiger partial charge in [-0.3, -0.25) is 4.79 Å². The molecule has 0 aliphatic heterocycles. The van der Waals surface area contributed by atoms with Crippen LogP contribution < -0.4 is 5.32 Å². The molecule has 0 saturated heterocycles. The summed E-state index contributed by atoms with van der Waals surface area (Å²) >= 11 is 9.41. The van der Waals surface area contributed by atoms with Crippen molar-refractivity contribution in [3.05, 3.63) is 87.9 Å². The Bertz CT molecular complexity index is 1140. The van der Waals surface area contributed by atoms with Crippen molar-refractivity contribution in [2.45, 2.75) is 0 Å². The number of halogens is 2. The zero-order valence-electron chi connectivity index (χ0n) is 14.4. The lowest BCUT2D eigenvalue weighted by Gasteiger charge is -2.06. The van der Waals surface area contributed by atoms with Crippen molar-refractivity contribution in [1.82, 2.24) is 10.1 Å². The number of nitrogens with one attached hydrogen (secondary N) is 1. The van der Waals surface area contributed by atoms with Crippen LogP contribution in [-0.4, -0.2) is 16.0 Å². The van der Waals surface area contributed by atoms with Crippen LogP contribution in [-0.2, 0) is 0 Å². The van der Waals surface area contributed by atoms with Crippen LogP contribution in [0.2, 0.25) is 5.02 Å². The number of aromatic nitrogens is 2. The molecule has 0 spiro atoms. The smallest absolute Gasteiger partial charge is 0.259 e. The fraction of sp³-hybridized carbons (Fsp3) is 0. The summed E-state index contributed by atoms with van der Waals surface area (Å²) in [5.74, 6) is 0.672. The molecule has 1 amide bonds. The molecule has 4 aromatic rings. The van der Waals surface area contributed by atoms with Crippen LogP contribution in [0.1, 0.15) is 10.4 Å². The molecule has 1 heterocycles. The van der Waals surface area contributed by atoms with E-state index >= 15 is 0 Å². The van der Waals surface area contributed by atoms with E-state index in [4.69, 9.17) is 16.1 Å². The highest BCUT2D eigenvalue weighted by molar-refractivity contribution is 9.10. The Balaban J connectivity index is 1.51. The molecule has 4 rings (SSSR count). The van der Waals surface area contributed by atoms with Gasteiger partial charge in [-0.1, -0.05) is 35.0 Å².